The number of carbonyl (C=O) groups excluding carboxylic acids is 2. The summed E-state index contributed by atoms with van der Waals surface area (Å²) >= 11 is 0. The van der Waals surface area contributed by atoms with E-state index in [1.165, 1.54) is 0 Å². The molecule has 1 amide bonds. The van der Waals surface area contributed by atoms with Crippen LogP contribution >= 0.6 is 0 Å². The molecule has 0 aliphatic heterocycles. The minimum absolute atomic E-state index is 0. The Labute approximate surface area is 157 Å². The van der Waals surface area contributed by atoms with Crippen LogP contribution in [0.25, 0.3) is 0 Å². The van der Waals surface area contributed by atoms with Crippen LogP contribution in [-0.2, 0) is 22.6 Å². The number of hydrogen-bond acceptors (Lipinski definition) is 4. The number of amides is 1. The van der Waals surface area contributed by atoms with Crippen molar-refractivity contribution >= 4 is 12.1 Å². The van der Waals surface area contributed by atoms with Crippen LogP contribution in [0.4, 0.5) is 4.79 Å². The van der Waals surface area contributed by atoms with Gasteiger partial charge in [-0.15, -0.1) is 0 Å². The summed E-state index contributed by atoms with van der Waals surface area (Å²) in [7, 11) is 0. The van der Waals surface area contributed by atoms with Crippen molar-refractivity contribution < 1.29 is 49.0 Å². The second kappa shape index (κ2) is 10.0. The Balaban J connectivity index is 0.00000264. The molecule has 0 unspecified atom stereocenters. The zero-order valence-electron chi connectivity index (χ0n) is 12.9. The van der Waals surface area contributed by atoms with E-state index >= 15 is 0 Å². The first-order chi connectivity index (χ1) is 10.6. The van der Waals surface area contributed by atoms with Crippen molar-refractivity contribution in [2.24, 2.45) is 0 Å². The maximum Gasteiger partial charge on any atom is 1.00 e. The van der Waals surface area contributed by atoms with Crippen LogP contribution in [0.1, 0.15) is 11.1 Å². The molecule has 6 heteroatoms. The van der Waals surface area contributed by atoms with Gasteiger partial charge in [0.05, 0.1) is 12.0 Å². The van der Waals surface area contributed by atoms with E-state index < -0.39 is 18.1 Å². The molecule has 5 nitrogen and oxygen atoms in total. The summed E-state index contributed by atoms with van der Waals surface area (Å²) in [6.45, 7) is 0.0811. The van der Waals surface area contributed by atoms with Gasteiger partial charge in [-0.25, -0.2) is 4.79 Å². The second-order valence-corrected chi connectivity index (χ2v) is 4.77. The van der Waals surface area contributed by atoms with Crippen LogP contribution in [0.15, 0.2) is 60.7 Å². The Morgan fingerprint density at radius 1 is 0.957 bits per heavy atom. The molecule has 23 heavy (non-hydrogen) atoms. The van der Waals surface area contributed by atoms with Crippen LogP contribution in [-0.4, -0.2) is 18.1 Å². The quantitative estimate of drug-likeness (QED) is 0.642. The van der Waals surface area contributed by atoms with Crippen molar-refractivity contribution in [2.75, 3.05) is 0 Å². The molecule has 2 rings (SSSR count). The summed E-state index contributed by atoms with van der Waals surface area (Å²) in [6.07, 6.45) is -0.641. The van der Waals surface area contributed by atoms with E-state index in [-0.39, 0.29) is 42.6 Å². The van der Waals surface area contributed by atoms with Crippen molar-refractivity contribution in [1.29, 1.82) is 0 Å². The van der Waals surface area contributed by atoms with Gasteiger partial charge in [-0.2, -0.15) is 0 Å². The fraction of sp³-hybridized carbons (Fsp3) is 0.176. The van der Waals surface area contributed by atoms with Crippen LogP contribution in [0.2, 0.25) is 0 Å². The number of nitrogens with one attached hydrogen (secondary N) is 1. The van der Waals surface area contributed by atoms with Gasteiger partial charge in [0.2, 0.25) is 0 Å². The first-order valence-corrected chi connectivity index (χ1v) is 6.87. The van der Waals surface area contributed by atoms with Crippen molar-refractivity contribution in [1.82, 2.24) is 5.32 Å². The summed E-state index contributed by atoms with van der Waals surface area (Å²) in [4.78, 5) is 22.8. The number of carboxylic acid groups (broad SMARTS) is 1. The van der Waals surface area contributed by atoms with Gasteiger partial charge in [-0.3, -0.25) is 0 Å². The summed E-state index contributed by atoms with van der Waals surface area (Å²) in [5.41, 5.74) is 1.62. The maximum absolute atomic E-state index is 11.7. The Morgan fingerprint density at radius 3 is 2.00 bits per heavy atom. The van der Waals surface area contributed by atoms with E-state index in [2.05, 4.69) is 5.32 Å². The third kappa shape index (κ3) is 6.86. The molecule has 0 radical (unpaired) electrons. The molecular formula is C17H16NNaO4. The molecule has 0 aliphatic rings. The minimum Gasteiger partial charge on any atom is -0.548 e. The maximum atomic E-state index is 11.7. The Kier molecular flexibility index (Phi) is 8.40. The number of carboxylic acids is 1. The molecule has 114 valence electrons. The van der Waals surface area contributed by atoms with Gasteiger partial charge < -0.3 is 20.0 Å². The molecule has 0 saturated heterocycles. The number of rotatable bonds is 6. The fourth-order valence-corrected chi connectivity index (χ4v) is 1.95. The fourth-order valence-electron chi connectivity index (χ4n) is 1.95. The van der Waals surface area contributed by atoms with Gasteiger partial charge in [0.15, 0.2) is 0 Å². The van der Waals surface area contributed by atoms with E-state index in [4.69, 9.17) is 4.74 Å². The van der Waals surface area contributed by atoms with E-state index in [1.54, 1.807) is 24.3 Å². The third-order valence-corrected chi connectivity index (χ3v) is 3.07. The summed E-state index contributed by atoms with van der Waals surface area (Å²) < 4.78 is 5.01. The molecule has 2 aromatic rings. The van der Waals surface area contributed by atoms with Gasteiger partial charge in [0, 0.05) is 0 Å². The number of hydrogen-bond donors (Lipinski definition) is 1. The van der Waals surface area contributed by atoms with Gasteiger partial charge in [-0.05, 0) is 17.5 Å². The second-order valence-electron chi connectivity index (χ2n) is 4.77. The van der Waals surface area contributed by atoms with E-state index in [0.717, 1.165) is 11.1 Å². The molecule has 0 heterocycles. The van der Waals surface area contributed by atoms with Gasteiger partial charge >= 0.3 is 35.7 Å². The van der Waals surface area contributed by atoms with E-state index in [1.807, 2.05) is 36.4 Å². The van der Waals surface area contributed by atoms with Crippen LogP contribution in [0.5, 0.6) is 0 Å². The first-order valence-electron chi connectivity index (χ1n) is 6.87. The third-order valence-electron chi connectivity index (χ3n) is 3.07. The average molecular weight is 321 g/mol. The number of benzene rings is 2. The Hall–Kier alpha value is -1.82. The minimum atomic E-state index is -1.35. The molecule has 0 spiro atoms. The molecule has 1 N–H and O–H groups in total. The molecule has 0 bridgehead atoms. The van der Waals surface area contributed by atoms with Crippen molar-refractivity contribution in [3.8, 4) is 0 Å². The van der Waals surface area contributed by atoms with Crippen LogP contribution in [0, 0.1) is 0 Å². The predicted octanol–water partition coefficient (Wildman–Crippen LogP) is -1.72. The first kappa shape index (κ1) is 19.2. The molecule has 0 aliphatic carbocycles. The zero-order chi connectivity index (χ0) is 15.8. The summed E-state index contributed by atoms with van der Waals surface area (Å²) in [5.74, 6) is -1.35. The Bertz CT molecular complexity index is 619. The van der Waals surface area contributed by atoms with Crippen LogP contribution < -0.4 is 40.0 Å². The normalized spacial score (nSPS) is 11.0. The zero-order valence-corrected chi connectivity index (χ0v) is 14.9. The van der Waals surface area contributed by atoms with Gasteiger partial charge in [0.1, 0.15) is 6.61 Å². The SMILES string of the molecule is O=C(N[C@@H](Cc1ccccc1)C(=O)[O-])OCc1ccccc1.[Na+]. The average Bonchev–Trinajstić information content (AvgIpc) is 2.54. The van der Waals surface area contributed by atoms with Crippen molar-refractivity contribution in [2.45, 2.75) is 19.1 Å². The molecule has 0 saturated carbocycles. The van der Waals surface area contributed by atoms with Crippen LogP contribution in [0.3, 0.4) is 0 Å². The number of alkyl carbamates (subject to hydrolysis) is 1. The smallest absolute Gasteiger partial charge is 0.548 e. The molecule has 0 fully saturated rings. The standard InChI is InChI=1S/C17H17NO4.Na/c19-16(20)15(11-13-7-3-1-4-8-13)18-17(21)22-12-14-9-5-2-6-10-14;/h1-10,15H,11-12H2,(H,18,21)(H,19,20);/q;+1/p-1/t15-;/m0./s1. The molecule has 0 aromatic heterocycles. The van der Waals surface area contributed by atoms with E-state index in [0.29, 0.717) is 0 Å². The van der Waals surface area contributed by atoms with Gasteiger partial charge in [0.25, 0.3) is 0 Å². The summed E-state index contributed by atoms with van der Waals surface area (Å²) in [5, 5.41) is 13.4. The summed E-state index contributed by atoms with van der Waals surface area (Å²) in [6, 6.07) is 17.0. The van der Waals surface area contributed by atoms with Crippen molar-refractivity contribution in [3.05, 3.63) is 71.8 Å². The monoisotopic (exact) mass is 321 g/mol. The topological polar surface area (TPSA) is 78.5 Å². The predicted molar refractivity (Wildman–Crippen MR) is 78.7 cm³/mol. The molecule has 2 aromatic carbocycles. The largest absolute Gasteiger partial charge is 1.00 e. The van der Waals surface area contributed by atoms with E-state index in [9.17, 15) is 14.7 Å². The van der Waals surface area contributed by atoms with Crippen molar-refractivity contribution in [3.63, 3.8) is 0 Å². The molecular weight excluding hydrogens is 305 g/mol. The Morgan fingerprint density at radius 2 is 1.48 bits per heavy atom. The number of aliphatic carboxylic acids is 1. The molecule has 1 atom stereocenters. The number of ether oxygens (including phenoxy) is 1. The number of carbonyl (C=O) groups is 2. The van der Waals surface area contributed by atoms with Gasteiger partial charge in [-0.1, -0.05) is 60.7 Å².